The fourth-order valence-corrected chi connectivity index (χ4v) is 8.43. The van der Waals surface area contributed by atoms with Crippen LogP contribution in [0.1, 0.15) is 78.3 Å². The number of ether oxygens (including phenoxy) is 4. The van der Waals surface area contributed by atoms with E-state index in [9.17, 15) is 19.8 Å². The SMILES string of the molecule is COc1nc(OCc2cccc(-c3cccc(COc4nc(OC)c(CN[C@@H]5CC[C@H](C(=O)O)C5)cc4Cl)c3C)c2C)c(Cl)cc1CC[C@@H]1CC[C@H](C(=O)O)C1. The van der Waals surface area contributed by atoms with Gasteiger partial charge in [-0.25, -0.2) is 0 Å². The molecule has 0 amide bonds. The number of pyridine rings is 2. The highest BCUT2D eigenvalue weighted by Crippen LogP contribution is 2.38. The number of carbonyl (C=O) groups is 2. The van der Waals surface area contributed by atoms with Crippen molar-refractivity contribution in [2.24, 2.45) is 17.8 Å². The molecule has 2 aliphatic rings. The smallest absolute Gasteiger partial charge is 0.306 e. The zero-order valence-electron chi connectivity index (χ0n) is 32.2. The van der Waals surface area contributed by atoms with Gasteiger partial charge in [0.2, 0.25) is 23.5 Å². The summed E-state index contributed by atoms with van der Waals surface area (Å²) in [6.07, 6.45) is 5.94. The molecule has 2 fully saturated rings. The van der Waals surface area contributed by atoms with Crippen LogP contribution in [0.3, 0.4) is 0 Å². The summed E-state index contributed by atoms with van der Waals surface area (Å²) < 4.78 is 23.5. The Morgan fingerprint density at radius 2 is 1.23 bits per heavy atom. The van der Waals surface area contributed by atoms with Gasteiger partial charge in [-0.2, -0.15) is 9.97 Å². The maximum absolute atomic E-state index is 11.4. The minimum atomic E-state index is -0.747. The van der Waals surface area contributed by atoms with Gasteiger partial charge in [0.15, 0.2) is 0 Å². The van der Waals surface area contributed by atoms with E-state index < -0.39 is 11.9 Å². The van der Waals surface area contributed by atoms with Gasteiger partial charge in [-0.15, -0.1) is 0 Å². The molecule has 2 heterocycles. The number of halogens is 2. The van der Waals surface area contributed by atoms with Crippen molar-refractivity contribution in [1.29, 1.82) is 0 Å². The minimum absolute atomic E-state index is 0.107. The average molecular weight is 807 g/mol. The van der Waals surface area contributed by atoms with E-state index in [2.05, 4.69) is 41.3 Å². The molecular formula is C43H49Cl2N3O8. The van der Waals surface area contributed by atoms with Gasteiger partial charge in [-0.05, 0) is 117 Å². The quantitative estimate of drug-likeness (QED) is 0.0939. The summed E-state index contributed by atoms with van der Waals surface area (Å²) in [5, 5.41) is 22.9. The monoisotopic (exact) mass is 805 g/mol. The van der Waals surface area contributed by atoms with E-state index in [0.29, 0.717) is 60.0 Å². The number of benzene rings is 2. The molecule has 0 aliphatic heterocycles. The van der Waals surface area contributed by atoms with Crippen molar-refractivity contribution in [2.45, 2.75) is 91.0 Å². The summed E-state index contributed by atoms with van der Waals surface area (Å²) in [7, 11) is 3.12. The predicted molar refractivity (Wildman–Crippen MR) is 214 cm³/mol. The summed E-state index contributed by atoms with van der Waals surface area (Å²) in [6, 6.07) is 15.9. The number of carboxylic acid groups (broad SMARTS) is 2. The Labute approximate surface area is 337 Å². The van der Waals surface area contributed by atoms with Gasteiger partial charge in [0, 0.05) is 23.7 Å². The highest BCUT2D eigenvalue weighted by atomic mass is 35.5. The zero-order chi connectivity index (χ0) is 39.9. The van der Waals surface area contributed by atoms with Crippen molar-refractivity contribution in [1.82, 2.24) is 15.3 Å². The highest BCUT2D eigenvalue weighted by Gasteiger charge is 2.31. The topological polar surface area (TPSA) is 149 Å². The lowest BCUT2D eigenvalue weighted by molar-refractivity contribution is -0.142. The van der Waals surface area contributed by atoms with Crippen LogP contribution in [0.2, 0.25) is 10.0 Å². The molecule has 0 saturated heterocycles. The molecule has 56 heavy (non-hydrogen) atoms. The van der Waals surface area contributed by atoms with Crippen molar-refractivity contribution in [3.8, 4) is 34.6 Å². The van der Waals surface area contributed by atoms with E-state index in [0.717, 1.165) is 70.2 Å². The van der Waals surface area contributed by atoms with Gasteiger partial charge in [0.05, 0.1) is 26.1 Å². The van der Waals surface area contributed by atoms with Crippen molar-refractivity contribution >= 4 is 35.1 Å². The number of methoxy groups -OCH3 is 2. The number of nitrogens with one attached hydrogen (secondary N) is 1. The molecule has 298 valence electrons. The van der Waals surface area contributed by atoms with E-state index in [1.807, 2.05) is 30.3 Å². The van der Waals surface area contributed by atoms with Crippen LogP contribution < -0.4 is 24.3 Å². The van der Waals surface area contributed by atoms with Crippen molar-refractivity contribution in [3.63, 3.8) is 0 Å². The lowest BCUT2D eigenvalue weighted by Crippen LogP contribution is -2.27. The Kier molecular flexibility index (Phi) is 13.6. The Hall–Kier alpha value is -4.58. The van der Waals surface area contributed by atoms with Gasteiger partial charge in [0.1, 0.15) is 23.3 Å². The van der Waals surface area contributed by atoms with Gasteiger partial charge < -0.3 is 34.5 Å². The first-order valence-corrected chi connectivity index (χ1v) is 19.8. The third-order valence-corrected chi connectivity index (χ3v) is 11.9. The molecule has 4 aromatic rings. The molecule has 0 spiro atoms. The van der Waals surface area contributed by atoms with Crippen LogP contribution in [0.25, 0.3) is 11.1 Å². The molecule has 0 unspecified atom stereocenters. The first kappa shape index (κ1) is 41.1. The Morgan fingerprint density at radius 3 is 1.75 bits per heavy atom. The van der Waals surface area contributed by atoms with Crippen LogP contribution in [0.5, 0.6) is 23.5 Å². The zero-order valence-corrected chi connectivity index (χ0v) is 33.7. The Bertz CT molecular complexity index is 1920. The number of carboxylic acids is 2. The van der Waals surface area contributed by atoms with Crippen molar-refractivity contribution < 1.29 is 38.7 Å². The molecule has 11 nitrogen and oxygen atoms in total. The molecule has 0 radical (unpaired) electrons. The lowest BCUT2D eigenvalue weighted by atomic mass is 9.92. The first-order chi connectivity index (χ1) is 26.9. The van der Waals surface area contributed by atoms with Gasteiger partial charge in [-0.3, -0.25) is 9.59 Å². The minimum Gasteiger partial charge on any atom is -0.481 e. The Balaban J connectivity index is 1.10. The fourth-order valence-electron chi connectivity index (χ4n) is 7.97. The van der Waals surface area contributed by atoms with Crippen LogP contribution >= 0.6 is 23.2 Å². The Morgan fingerprint density at radius 1 is 0.714 bits per heavy atom. The molecule has 4 atom stereocenters. The van der Waals surface area contributed by atoms with Crippen LogP contribution in [-0.2, 0) is 35.8 Å². The third-order valence-electron chi connectivity index (χ3n) is 11.3. The van der Waals surface area contributed by atoms with Crippen LogP contribution in [0.15, 0.2) is 48.5 Å². The van der Waals surface area contributed by atoms with Crippen LogP contribution in [0, 0.1) is 31.6 Å². The summed E-state index contributed by atoms with van der Waals surface area (Å²) in [4.78, 5) is 31.9. The number of hydrogen-bond acceptors (Lipinski definition) is 9. The second-order valence-corrected chi connectivity index (χ2v) is 15.6. The number of rotatable bonds is 17. The number of hydrogen-bond donors (Lipinski definition) is 3. The standard InChI is InChI=1S/C43H49Cl2N3O8/c1-24-30(22-55-40-36(44)19-27(38(47-40)53-3)13-11-26-12-14-28(17-26)42(49)50)7-5-9-34(24)35-10-6-8-31(25(35)2)23-56-41-37(45)20-32(39(48-41)54-4)21-46-33-16-15-29(18-33)43(51)52/h5-10,19-20,26,28-29,33,46H,11-18,21-23H2,1-4H3,(H,49,50)(H,51,52)/t26-,28+,29+,33-/m1/s1. The van der Waals surface area contributed by atoms with Crippen LogP contribution in [0.4, 0.5) is 0 Å². The number of aromatic nitrogens is 2. The van der Waals surface area contributed by atoms with E-state index in [-0.39, 0.29) is 42.9 Å². The molecule has 2 aromatic heterocycles. The lowest BCUT2D eigenvalue weighted by Gasteiger charge is -2.18. The molecule has 0 bridgehead atoms. The largest absolute Gasteiger partial charge is 0.481 e. The number of aryl methyl sites for hydroxylation is 1. The van der Waals surface area contributed by atoms with Gasteiger partial charge >= 0.3 is 11.9 Å². The maximum Gasteiger partial charge on any atom is 0.306 e. The van der Waals surface area contributed by atoms with E-state index in [1.54, 1.807) is 20.3 Å². The maximum atomic E-state index is 11.4. The predicted octanol–water partition coefficient (Wildman–Crippen LogP) is 9.02. The summed E-state index contributed by atoms with van der Waals surface area (Å²) in [5.74, 6) is -0.270. The molecule has 2 aromatic carbocycles. The normalized spacial score (nSPS) is 19.2. The fraction of sp³-hybridized carbons (Fsp3) is 0.442. The molecule has 3 N–H and O–H groups in total. The van der Waals surface area contributed by atoms with E-state index >= 15 is 0 Å². The van der Waals surface area contributed by atoms with Gasteiger partial charge in [0.25, 0.3) is 0 Å². The average Bonchev–Trinajstić information content (AvgIpc) is 3.87. The van der Waals surface area contributed by atoms with Gasteiger partial charge in [-0.1, -0.05) is 59.6 Å². The van der Waals surface area contributed by atoms with Crippen LogP contribution in [-0.4, -0.2) is 52.4 Å². The summed E-state index contributed by atoms with van der Waals surface area (Å²) >= 11 is 13.3. The van der Waals surface area contributed by atoms with Crippen molar-refractivity contribution in [3.05, 3.63) is 92.0 Å². The van der Waals surface area contributed by atoms with E-state index in [1.165, 1.54) is 0 Å². The molecule has 6 rings (SSSR count). The second-order valence-electron chi connectivity index (χ2n) is 14.8. The van der Waals surface area contributed by atoms with E-state index in [4.69, 9.17) is 42.1 Å². The molecular weight excluding hydrogens is 757 g/mol. The second kappa shape index (κ2) is 18.6. The number of aliphatic carboxylic acids is 2. The highest BCUT2D eigenvalue weighted by molar-refractivity contribution is 6.32. The molecule has 2 saturated carbocycles. The third kappa shape index (κ3) is 9.68. The first-order valence-electron chi connectivity index (χ1n) is 19.0. The number of nitrogens with zero attached hydrogens (tertiary/aromatic N) is 2. The summed E-state index contributed by atoms with van der Waals surface area (Å²) in [6.45, 7) is 5.06. The van der Waals surface area contributed by atoms with Crippen molar-refractivity contribution in [2.75, 3.05) is 14.2 Å². The molecule has 2 aliphatic carbocycles. The summed E-state index contributed by atoms with van der Waals surface area (Å²) in [5.41, 5.74) is 7.81. The molecule has 13 heteroatoms.